The number of carboxylic acids is 1. The van der Waals surface area contributed by atoms with E-state index in [0.717, 1.165) is 33.2 Å². The van der Waals surface area contributed by atoms with Gasteiger partial charge in [0, 0.05) is 28.6 Å². The summed E-state index contributed by atoms with van der Waals surface area (Å²) in [4.78, 5) is 27.5. The van der Waals surface area contributed by atoms with E-state index in [1.54, 1.807) is 12.1 Å². The maximum absolute atomic E-state index is 12.1. The molecule has 0 bridgehead atoms. The lowest BCUT2D eigenvalue weighted by molar-refractivity contribution is -0.147. The van der Waals surface area contributed by atoms with Crippen LogP contribution in [0.2, 0.25) is 0 Å². The third-order valence-electron chi connectivity index (χ3n) is 5.23. The molecule has 4 aromatic rings. The van der Waals surface area contributed by atoms with Crippen molar-refractivity contribution in [3.05, 3.63) is 72.3 Å². The number of esters is 1. The van der Waals surface area contributed by atoms with E-state index in [0.29, 0.717) is 11.3 Å². The molecule has 0 unspecified atom stereocenters. The van der Waals surface area contributed by atoms with E-state index in [1.165, 1.54) is 0 Å². The van der Waals surface area contributed by atoms with Crippen LogP contribution < -0.4 is 16.8 Å². The molecule has 0 spiro atoms. The van der Waals surface area contributed by atoms with Gasteiger partial charge in [0.1, 0.15) is 12.6 Å². The lowest BCUT2D eigenvalue weighted by Gasteiger charge is -2.15. The quantitative estimate of drug-likeness (QED) is 0.182. The van der Waals surface area contributed by atoms with Crippen molar-refractivity contribution in [1.82, 2.24) is 4.98 Å². The minimum atomic E-state index is -1.01. The highest BCUT2D eigenvalue weighted by Crippen LogP contribution is 2.33. The minimum absolute atomic E-state index is 0.0140. The van der Waals surface area contributed by atoms with Crippen LogP contribution in [0.15, 0.2) is 66.7 Å². The maximum Gasteiger partial charge on any atom is 0.323 e. The molecule has 0 radical (unpaired) electrons. The van der Waals surface area contributed by atoms with Crippen molar-refractivity contribution in [2.75, 3.05) is 11.1 Å². The number of aromatic nitrogens is 1. The first-order valence-electron chi connectivity index (χ1n) is 10.5. The molecule has 8 nitrogen and oxygen atoms in total. The second-order valence-electron chi connectivity index (χ2n) is 7.76. The number of anilines is 3. The minimum Gasteiger partial charge on any atom is -0.481 e. The molecule has 8 heteroatoms. The maximum atomic E-state index is 12.1. The molecule has 0 fully saturated rings. The van der Waals surface area contributed by atoms with Crippen LogP contribution in [-0.2, 0) is 20.9 Å². The summed E-state index contributed by atoms with van der Waals surface area (Å²) in [5, 5.41) is 14.1. The Hall–Kier alpha value is -4.17. The number of nitrogens with zero attached hydrogens (tertiary/aromatic N) is 1. The Bertz CT molecular complexity index is 1280. The molecule has 0 saturated carbocycles. The Morgan fingerprint density at radius 1 is 1.00 bits per heavy atom. The van der Waals surface area contributed by atoms with Gasteiger partial charge in [0.15, 0.2) is 0 Å². The highest BCUT2D eigenvalue weighted by atomic mass is 16.5. The molecule has 0 aliphatic carbocycles. The third kappa shape index (κ3) is 5.19. The number of hydrogen-bond acceptors (Lipinski definition) is 7. The van der Waals surface area contributed by atoms with E-state index in [2.05, 4.69) is 5.32 Å². The fourth-order valence-corrected chi connectivity index (χ4v) is 3.65. The zero-order valence-electron chi connectivity index (χ0n) is 17.8. The van der Waals surface area contributed by atoms with Crippen LogP contribution >= 0.6 is 0 Å². The number of pyridine rings is 1. The van der Waals surface area contributed by atoms with Crippen molar-refractivity contribution in [3.63, 3.8) is 0 Å². The van der Waals surface area contributed by atoms with Gasteiger partial charge in [-0.15, -0.1) is 0 Å². The molecule has 0 aliphatic rings. The van der Waals surface area contributed by atoms with Gasteiger partial charge in [0.2, 0.25) is 0 Å². The highest BCUT2D eigenvalue weighted by Gasteiger charge is 2.17. The lowest BCUT2D eigenvalue weighted by Crippen LogP contribution is -2.32. The van der Waals surface area contributed by atoms with Crippen molar-refractivity contribution in [2.45, 2.75) is 25.5 Å². The fraction of sp³-hybridized carbons (Fsp3) is 0.160. The van der Waals surface area contributed by atoms with Gasteiger partial charge in [-0.25, -0.2) is 4.98 Å². The fourth-order valence-electron chi connectivity index (χ4n) is 3.65. The van der Waals surface area contributed by atoms with E-state index in [1.807, 2.05) is 54.6 Å². The van der Waals surface area contributed by atoms with Gasteiger partial charge in [-0.3, -0.25) is 9.59 Å². The van der Waals surface area contributed by atoms with Gasteiger partial charge in [-0.1, -0.05) is 36.4 Å². The summed E-state index contributed by atoms with van der Waals surface area (Å²) < 4.78 is 5.27. The van der Waals surface area contributed by atoms with Gasteiger partial charge in [-0.2, -0.15) is 0 Å². The Kier molecular flexibility index (Phi) is 6.37. The molecule has 6 N–H and O–H groups in total. The zero-order valence-corrected chi connectivity index (χ0v) is 17.8. The molecule has 1 aromatic heterocycles. The van der Waals surface area contributed by atoms with Crippen molar-refractivity contribution >= 4 is 50.8 Å². The summed E-state index contributed by atoms with van der Waals surface area (Å²) >= 11 is 0. The molecule has 0 aliphatic heterocycles. The summed E-state index contributed by atoms with van der Waals surface area (Å²) in [5.41, 5.74) is 16.4. The normalized spacial score (nSPS) is 11.9. The number of nitrogen functional groups attached to an aromatic ring is 1. The van der Waals surface area contributed by atoms with Gasteiger partial charge in [0.25, 0.3) is 0 Å². The van der Waals surface area contributed by atoms with E-state index in [9.17, 15) is 9.59 Å². The number of benzene rings is 3. The average Bonchev–Trinajstić information content (AvgIpc) is 2.80. The summed E-state index contributed by atoms with van der Waals surface area (Å²) in [6.07, 6.45) is -0.184. The van der Waals surface area contributed by atoms with E-state index in [4.69, 9.17) is 26.3 Å². The number of nitrogens with two attached hydrogens (primary N) is 2. The summed E-state index contributed by atoms with van der Waals surface area (Å²) in [6.45, 7) is -0.0306. The first kappa shape index (κ1) is 22.0. The van der Waals surface area contributed by atoms with Gasteiger partial charge < -0.3 is 26.6 Å². The molecule has 0 saturated heterocycles. The number of nitrogens with one attached hydrogen (secondary N) is 1. The molecule has 1 heterocycles. The number of carboxylic acid groups (broad SMARTS) is 1. The first-order valence-corrected chi connectivity index (χ1v) is 10.5. The SMILES string of the molecule is Nc1cc(COC(=O)[C@@H](N)CCC(=O)O)cc(Nc2c3ccccc3nc3ccccc23)c1. The molecular weight excluding hydrogens is 420 g/mol. The number of carbonyl (C=O) groups excluding carboxylic acids is 1. The Morgan fingerprint density at radius 3 is 2.27 bits per heavy atom. The molecular formula is C25H24N4O4. The monoisotopic (exact) mass is 444 g/mol. The zero-order chi connectivity index (χ0) is 23.4. The number of rotatable bonds is 8. The van der Waals surface area contributed by atoms with Crippen LogP contribution in [0.3, 0.4) is 0 Å². The average molecular weight is 444 g/mol. The number of aliphatic carboxylic acids is 1. The topological polar surface area (TPSA) is 141 Å². The van der Waals surface area contributed by atoms with Crippen LogP contribution in [0.4, 0.5) is 17.1 Å². The van der Waals surface area contributed by atoms with E-state index in [-0.39, 0.29) is 19.4 Å². The standard InChI is InChI=1S/C25H24N4O4/c26-16-11-15(14-33-25(32)20(27)9-10-23(30)31)12-17(13-16)28-24-18-5-1-3-7-21(18)29-22-8-4-2-6-19(22)24/h1-8,11-13,20H,9-10,14,26-27H2,(H,28,29)(H,30,31)/t20-/m0/s1. The van der Waals surface area contributed by atoms with Crippen LogP contribution in [0, 0.1) is 0 Å². The van der Waals surface area contributed by atoms with E-state index >= 15 is 0 Å². The molecule has 1 atom stereocenters. The second-order valence-corrected chi connectivity index (χ2v) is 7.76. The van der Waals surface area contributed by atoms with E-state index < -0.39 is 18.0 Å². The van der Waals surface area contributed by atoms with Gasteiger partial charge in [-0.05, 0) is 42.3 Å². The number of fused-ring (bicyclic) bond motifs is 2. The van der Waals surface area contributed by atoms with Gasteiger partial charge >= 0.3 is 11.9 Å². The lowest BCUT2D eigenvalue weighted by atomic mass is 10.1. The largest absolute Gasteiger partial charge is 0.481 e. The van der Waals surface area contributed by atoms with Crippen LogP contribution in [0.1, 0.15) is 18.4 Å². The van der Waals surface area contributed by atoms with Crippen molar-refractivity contribution < 1.29 is 19.4 Å². The number of ether oxygens (including phenoxy) is 1. The molecule has 4 rings (SSSR count). The Balaban J connectivity index is 1.58. The first-order chi connectivity index (χ1) is 15.9. The third-order valence-corrected chi connectivity index (χ3v) is 5.23. The van der Waals surface area contributed by atoms with Crippen molar-refractivity contribution in [2.24, 2.45) is 5.73 Å². The van der Waals surface area contributed by atoms with Crippen LogP contribution in [0.5, 0.6) is 0 Å². The number of carbonyl (C=O) groups is 2. The van der Waals surface area contributed by atoms with Gasteiger partial charge in [0.05, 0.1) is 16.7 Å². The number of hydrogen-bond donors (Lipinski definition) is 4. The molecule has 168 valence electrons. The Morgan fingerprint density at radius 2 is 1.64 bits per heavy atom. The van der Waals surface area contributed by atoms with Crippen LogP contribution in [0.25, 0.3) is 21.8 Å². The van der Waals surface area contributed by atoms with Crippen molar-refractivity contribution in [3.8, 4) is 0 Å². The van der Waals surface area contributed by atoms with Crippen LogP contribution in [-0.4, -0.2) is 28.1 Å². The summed E-state index contributed by atoms with van der Waals surface area (Å²) in [7, 11) is 0. The highest BCUT2D eigenvalue weighted by molar-refractivity contribution is 6.08. The molecule has 33 heavy (non-hydrogen) atoms. The summed E-state index contributed by atoms with van der Waals surface area (Å²) in [5.74, 6) is -1.67. The predicted molar refractivity (Wildman–Crippen MR) is 128 cm³/mol. The summed E-state index contributed by atoms with van der Waals surface area (Å²) in [6, 6.07) is 20.1. The second kappa shape index (κ2) is 9.54. The van der Waals surface area contributed by atoms with Crippen molar-refractivity contribution in [1.29, 1.82) is 0 Å². The Labute approximate surface area is 190 Å². The smallest absolute Gasteiger partial charge is 0.323 e. The number of para-hydroxylation sites is 2. The molecule has 3 aromatic carbocycles. The predicted octanol–water partition coefficient (Wildman–Crippen LogP) is 3.95. The molecule has 0 amide bonds.